The summed E-state index contributed by atoms with van der Waals surface area (Å²) in [5, 5.41) is 9.33. The molecule has 0 bridgehead atoms. The molecule has 1 aliphatic rings. The SMILES string of the molecule is C[C@@H](O)C1CCN(C(=O)CN)CC1. The number of piperidine rings is 1. The van der Waals surface area contributed by atoms with Crippen LogP contribution in [0.1, 0.15) is 19.8 Å². The molecule has 0 spiro atoms. The van der Waals surface area contributed by atoms with Crippen LogP contribution in [0.5, 0.6) is 0 Å². The summed E-state index contributed by atoms with van der Waals surface area (Å²) >= 11 is 0. The van der Waals surface area contributed by atoms with Gasteiger partial charge in [-0.2, -0.15) is 0 Å². The minimum absolute atomic E-state index is 0.0176. The summed E-state index contributed by atoms with van der Waals surface area (Å²) in [6.45, 7) is 3.39. The summed E-state index contributed by atoms with van der Waals surface area (Å²) in [6, 6.07) is 0. The number of nitrogens with two attached hydrogens (primary N) is 1. The molecule has 0 saturated carbocycles. The zero-order valence-corrected chi connectivity index (χ0v) is 8.07. The van der Waals surface area contributed by atoms with Crippen LogP contribution in [0.3, 0.4) is 0 Å². The number of aliphatic hydroxyl groups excluding tert-OH is 1. The standard InChI is InChI=1S/C9H18N2O2/c1-7(12)8-2-4-11(5-3-8)9(13)6-10/h7-8,12H,2-6,10H2,1H3/t7-/m1/s1. The highest BCUT2D eigenvalue weighted by molar-refractivity contribution is 5.78. The Morgan fingerprint density at radius 3 is 2.54 bits per heavy atom. The number of amides is 1. The van der Waals surface area contributed by atoms with E-state index >= 15 is 0 Å². The average Bonchev–Trinajstić information content (AvgIpc) is 2.17. The van der Waals surface area contributed by atoms with Gasteiger partial charge in [-0.15, -0.1) is 0 Å². The monoisotopic (exact) mass is 186 g/mol. The fraction of sp³-hybridized carbons (Fsp3) is 0.889. The lowest BCUT2D eigenvalue weighted by Gasteiger charge is -2.33. The smallest absolute Gasteiger partial charge is 0.236 e. The molecule has 76 valence electrons. The van der Waals surface area contributed by atoms with Crippen LogP contribution in [0.25, 0.3) is 0 Å². The number of nitrogens with zero attached hydrogens (tertiary/aromatic N) is 1. The van der Waals surface area contributed by atoms with Gasteiger partial charge in [0.1, 0.15) is 0 Å². The molecule has 1 fully saturated rings. The molecule has 1 atom stereocenters. The molecular formula is C9H18N2O2. The molecule has 3 N–H and O–H groups in total. The molecule has 0 unspecified atom stereocenters. The van der Waals surface area contributed by atoms with E-state index in [1.807, 2.05) is 6.92 Å². The number of likely N-dealkylation sites (tertiary alicyclic amines) is 1. The fourth-order valence-electron chi connectivity index (χ4n) is 1.76. The maximum absolute atomic E-state index is 11.2. The number of carbonyl (C=O) groups excluding carboxylic acids is 1. The third kappa shape index (κ3) is 2.67. The number of rotatable bonds is 2. The van der Waals surface area contributed by atoms with Crippen molar-refractivity contribution >= 4 is 5.91 Å². The fourth-order valence-corrected chi connectivity index (χ4v) is 1.76. The van der Waals surface area contributed by atoms with Gasteiger partial charge in [-0.3, -0.25) is 4.79 Å². The lowest BCUT2D eigenvalue weighted by molar-refractivity contribution is -0.131. The molecule has 0 aliphatic carbocycles. The second kappa shape index (κ2) is 4.58. The summed E-state index contributed by atoms with van der Waals surface area (Å²) in [4.78, 5) is 13.0. The van der Waals surface area contributed by atoms with Crippen molar-refractivity contribution in [1.29, 1.82) is 0 Å². The Hall–Kier alpha value is -0.610. The van der Waals surface area contributed by atoms with Gasteiger partial charge >= 0.3 is 0 Å². The minimum atomic E-state index is -0.255. The minimum Gasteiger partial charge on any atom is -0.393 e. The Labute approximate surface area is 78.7 Å². The largest absolute Gasteiger partial charge is 0.393 e. The van der Waals surface area contributed by atoms with Crippen LogP contribution in [0.4, 0.5) is 0 Å². The Bertz CT molecular complexity index is 174. The third-order valence-electron chi connectivity index (χ3n) is 2.75. The van der Waals surface area contributed by atoms with E-state index in [1.54, 1.807) is 4.90 Å². The van der Waals surface area contributed by atoms with E-state index in [0.29, 0.717) is 5.92 Å². The van der Waals surface area contributed by atoms with Crippen molar-refractivity contribution in [3.63, 3.8) is 0 Å². The summed E-state index contributed by atoms with van der Waals surface area (Å²) in [5.41, 5.74) is 5.26. The first-order chi connectivity index (χ1) is 6.15. The van der Waals surface area contributed by atoms with Gasteiger partial charge in [-0.1, -0.05) is 0 Å². The van der Waals surface area contributed by atoms with E-state index in [0.717, 1.165) is 25.9 Å². The predicted molar refractivity (Wildman–Crippen MR) is 50.0 cm³/mol. The van der Waals surface area contributed by atoms with E-state index in [2.05, 4.69) is 0 Å². The van der Waals surface area contributed by atoms with Crippen LogP contribution in [0, 0.1) is 5.92 Å². The van der Waals surface area contributed by atoms with Crippen molar-refractivity contribution in [2.45, 2.75) is 25.9 Å². The van der Waals surface area contributed by atoms with Gasteiger partial charge in [0.15, 0.2) is 0 Å². The first-order valence-electron chi connectivity index (χ1n) is 4.81. The van der Waals surface area contributed by atoms with Crippen molar-refractivity contribution in [1.82, 2.24) is 4.90 Å². The Morgan fingerprint density at radius 1 is 1.62 bits per heavy atom. The topological polar surface area (TPSA) is 66.6 Å². The Morgan fingerprint density at radius 2 is 2.15 bits per heavy atom. The number of hydrogen-bond donors (Lipinski definition) is 2. The van der Waals surface area contributed by atoms with Gasteiger partial charge < -0.3 is 15.7 Å². The highest BCUT2D eigenvalue weighted by Gasteiger charge is 2.24. The van der Waals surface area contributed by atoms with Gasteiger partial charge in [-0.25, -0.2) is 0 Å². The molecule has 4 heteroatoms. The summed E-state index contributed by atoms with van der Waals surface area (Å²) < 4.78 is 0. The van der Waals surface area contributed by atoms with Crippen molar-refractivity contribution in [2.24, 2.45) is 11.7 Å². The van der Waals surface area contributed by atoms with E-state index < -0.39 is 0 Å². The number of aliphatic hydroxyl groups is 1. The highest BCUT2D eigenvalue weighted by atomic mass is 16.3. The lowest BCUT2D eigenvalue weighted by atomic mass is 9.92. The van der Waals surface area contributed by atoms with E-state index in [4.69, 9.17) is 5.73 Å². The van der Waals surface area contributed by atoms with Crippen molar-refractivity contribution in [2.75, 3.05) is 19.6 Å². The summed E-state index contributed by atoms with van der Waals surface area (Å²) in [5.74, 6) is 0.367. The molecule has 0 aromatic heterocycles. The zero-order valence-electron chi connectivity index (χ0n) is 8.07. The molecule has 4 nitrogen and oxygen atoms in total. The van der Waals surface area contributed by atoms with Gasteiger partial charge in [0.05, 0.1) is 12.6 Å². The first kappa shape index (κ1) is 10.5. The van der Waals surface area contributed by atoms with Gasteiger partial charge in [0.25, 0.3) is 0 Å². The van der Waals surface area contributed by atoms with Crippen LogP contribution in [0.2, 0.25) is 0 Å². The van der Waals surface area contributed by atoms with Crippen molar-refractivity contribution < 1.29 is 9.90 Å². The molecule has 1 amide bonds. The second-order valence-electron chi connectivity index (χ2n) is 3.66. The predicted octanol–water partition coefficient (Wildman–Crippen LogP) is -0.435. The molecule has 1 saturated heterocycles. The van der Waals surface area contributed by atoms with Crippen LogP contribution >= 0.6 is 0 Å². The maximum atomic E-state index is 11.2. The van der Waals surface area contributed by atoms with Crippen molar-refractivity contribution in [3.8, 4) is 0 Å². The molecule has 1 heterocycles. The Kier molecular flexibility index (Phi) is 3.69. The first-order valence-corrected chi connectivity index (χ1v) is 4.81. The molecule has 0 aromatic carbocycles. The molecule has 0 aromatic rings. The number of carbonyl (C=O) groups is 1. The van der Waals surface area contributed by atoms with Gasteiger partial charge in [-0.05, 0) is 25.7 Å². The van der Waals surface area contributed by atoms with Crippen LogP contribution in [-0.4, -0.2) is 41.7 Å². The molecular weight excluding hydrogens is 168 g/mol. The zero-order chi connectivity index (χ0) is 9.84. The molecule has 0 radical (unpaired) electrons. The lowest BCUT2D eigenvalue weighted by Crippen LogP contribution is -2.43. The highest BCUT2D eigenvalue weighted by Crippen LogP contribution is 2.20. The average molecular weight is 186 g/mol. The second-order valence-corrected chi connectivity index (χ2v) is 3.66. The third-order valence-corrected chi connectivity index (χ3v) is 2.75. The van der Waals surface area contributed by atoms with E-state index in [9.17, 15) is 9.90 Å². The van der Waals surface area contributed by atoms with Crippen LogP contribution < -0.4 is 5.73 Å². The quantitative estimate of drug-likeness (QED) is 0.614. The molecule has 1 aliphatic heterocycles. The number of hydrogen-bond acceptors (Lipinski definition) is 3. The van der Waals surface area contributed by atoms with E-state index in [1.165, 1.54) is 0 Å². The van der Waals surface area contributed by atoms with Gasteiger partial charge in [0, 0.05) is 13.1 Å². The summed E-state index contributed by atoms with van der Waals surface area (Å²) in [7, 11) is 0. The molecule has 1 rings (SSSR count). The van der Waals surface area contributed by atoms with Crippen molar-refractivity contribution in [3.05, 3.63) is 0 Å². The van der Waals surface area contributed by atoms with E-state index in [-0.39, 0.29) is 18.6 Å². The maximum Gasteiger partial charge on any atom is 0.236 e. The Balaban J connectivity index is 2.34. The molecule has 13 heavy (non-hydrogen) atoms. The van der Waals surface area contributed by atoms with Crippen LogP contribution in [-0.2, 0) is 4.79 Å². The van der Waals surface area contributed by atoms with Gasteiger partial charge in [0.2, 0.25) is 5.91 Å². The van der Waals surface area contributed by atoms with Crippen LogP contribution in [0.15, 0.2) is 0 Å². The normalized spacial score (nSPS) is 21.6. The summed E-state index contributed by atoms with van der Waals surface area (Å²) in [6.07, 6.45) is 1.53.